The molecule has 0 aromatic heterocycles. The molecule has 0 bridgehead atoms. The van der Waals surface area contributed by atoms with Gasteiger partial charge in [-0.2, -0.15) is 4.58 Å². The molecule has 0 amide bonds. The van der Waals surface area contributed by atoms with Gasteiger partial charge >= 0.3 is 11.9 Å². The van der Waals surface area contributed by atoms with Crippen LogP contribution in [0.4, 0.5) is 0 Å². The number of esters is 2. The van der Waals surface area contributed by atoms with Crippen molar-refractivity contribution in [3.63, 3.8) is 0 Å². The Hall–Kier alpha value is -2.47. The number of hydrogen-bond acceptors (Lipinski definition) is 5. The van der Waals surface area contributed by atoms with Gasteiger partial charge in [0.1, 0.15) is 6.04 Å². The Morgan fingerprint density at radius 3 is 2.67 bits per heavy atom. The number of carbonyl (C=O) groups is 2. The molecular weight excluding hydrogens is 308 g/mol. The standard InChI is InChI=1S/C18H23N2O4/c1-2-3-11-23-18(22)17(14-7-5-4-6-8-14)24-16(21)13-20-10-9-15(19)12-20/h4-10,12,15,17H,2-3,11,13,19H2,1H3/q+1. The maximum atomic E-state index is 12.3. The number of nitrogens with zero attached hydrogens (tertiary/aromatic N) is 1. The van der Waals surface area contributed by atoms with E-state index in [0.29, 0.717) is 12.2 Å². The van der Waals surface area contributed by atoms with Gasteiger partial charge in [0.05, 0.1) is 6.61 Å². The van der Waals surface area contributed by atoms with E-state index in [4.69, 9.17) is 15.2 Å². The van der Waals surface area contributed by atoms with Crippen molar-refractivity contribution in [1.29, 1.82) is 0 Å². The van der Waals surface area contributed by atoms with Crippen LogP contribution in [0, 0.1) is 0 Å². The quantitative estimate of drug-likeness (QED) is 0.444. The molecule has 0 saturated carbocycles. The summed E-state index contributed by atoms with van der Waals surface area (Å²) in [5.41, 5.74) is 6.29. The SMILES string of the molecule is CCCCOC(=O)C(OC(=O)C[N+]1=CC(N)C=C1)c1ccccc1. The third-order valence-electron chi connectivity index (χ3n) is 3.48. The van der Waals surface area contributed by atoms with Crippen molar-refractivity contribution in [1.82, 2.24) is 0 Å². The van der Waals surface area contributed by atoms with Crippen LogP contribution in [-0.2, 0) is 19.1 Å². The minimum atomic E-state index is -1.06. The zero-order valence-corrected chi connectivity index (χ0v) is 13.8. The summed E-state index contributed by atoms with van der Waals surface area (Å²) in [7, 11) is 0. The second kappa shape index (κ2) is 8.98. The predicted octanol–water partition coefficient (Wildman–Crippen LogP) is 1.55. The maximum absolute atomic E-state index is 12.3. The van der Waals surface area contributed by atoms with Crippen LogP contribution in [0.2, 0.25) is 0 Å². The number of benzene rings is 1. The van der Waals surface area contributed by atoms with E-state index < -0.39 is 18.0 Å². The van der Waals surface area contributed by atoms with Crippen LogP contribution in [0.1, 0.15) is 31.4 Å². The second-order valence-corrected chi connectivity index (χ2v) is 5.54. The average molecular weight is 331 g/mol. The smallest absolute Gasteiger partial charge is 0.373 e. The Labute approximate surface area is 141 Å². The van der Waals surface area contributed by atoms with Crippen molar-refractivity contribution < 1.29 is 23.6 Å². The van der Waals surface area contributed by atoms with E-state index in [-0.39, 0.29) is 12.6 Å². The second-order valence-electron chi connectivity index (χ2n) is 5.54. The first-order valence-electron chi connectivity index (χ1n) is 8.06. The van der Waals surface area contributed by atoms with Crippen LogP contribution in [0.3, 0.4) is 0 Å². The molecule has 2 unspecified atom stereocenters. The van der Waals surface area contributed by atoms with Gasteiger partial charge in [-0.3, -0.25) is 0 Å². The topological polar surface area (TPSA) is 81.6 Å². The van der Waals surface area contributed by atoms with Crippen molar-refractivity contribution >= 4 is 18.2 Å². The highest BCUT2D eigenvalue weighted by molar-refractivity contribution is 5.81. The van der Waals surface area contributed by atoms with Crippen molar-refractivity contribution in [3.05, 3.63) is 48.2 Å². The lowest BCUT2D eigenvalue weighted by molar-refractivity contribution is -0.440. The van der Waals surface area contributed by atoms with Gasteiger partial charge in [0.15, 0.2) is 12.4 Å². The van der Waals surface area contributed by atoms with Gasteiger partial charge in [0.2, 0.25) is 12.6 Å². The van der Waals surface area contributed by atoms with Gasteiger partial charge in [-0.15, -0.1) is 0 Å². The van der Waals surface area contributed by atoms with E-state index in [1.807, 2.05) is 13.0 Å². The fourth-order valence-corrected chi connectivity index (χ4v) is 2.23. The minimum absolute atomic E-state index is 0.00419. The summed E-state index contributed by atoms with van der Waals surface area (Å²) in [6.45, 7) is 2.32. The monoisotopic (exact) mass is 331 g/mol. The Morgan fingerprint density at radius 1 is 1.29 bits per heavy atom. The van der Waals surface area contributed by atoms with E-state index in [9.17, 15) is 9.59 Å². The molecule has 1 aliphatic rings. The van der Waals surface area contributed by atoms with Crippen molar-refractivity contribution in [2.24, 2.45) is 5.73 Å². The lowest BCUT2D eigenvalue weighted by atomic mass is 10.1. The number of rotatable bonds is 8. The van der Waals surface area contributed by atoms with E-state index in [0.717, 1.165) is 12.8 Å². The van der Waals surface area contributed by atoms with Gasteiger partial charge in [-0.05, 0) is 6.42 Å². The zero-order chi connectivity index (χ0) is 17.4. The van der Waals surface area contributed by atoms with Gasteiger partial charge in [0.25, 0.3) is 0 Å². The molecule has 0 saturated heterocycles. The van der Waals surface area contributed by atoms with Gasteiger partial charge in [0, 0.05) is 11.6 Å². The summed E-state index contributed by atoms with van der Waals surface area (Å²) in [4.78, 5) is 24.4. The molecule has 0 aliphatic carbocycles. The molecule has 2 N–H and O–H groups in total. The predicted molar refractivity (Wildman–Crippen MR) is 89.4 cm³/mol. The molecule has 6 heteroatoms. The lowest BCUT2D eigenvalue weighted by Crippen LogP contribution is -2.27. The average Bonchev–Trinajstić information content (AvgIpc) is 2.98. The molecule has 24 heavy (non-hydrogen) atoms. The molecule has 2 atom stereocenters. The van der Waals surface area contributed by atoms with Crippen molar-refractivity contribution in [2.75, 3.05) is 13.2 Å². The summed E-state index contributed by atoms with van der Waals surface area (Å²) in [6.07, 6.45) is 5.81. The van der Waals surface area contributed by atoms with E-state index >= 15 is 0 Å². The number of ether oxygens (including phenoxy) is 2. The number of hydrogen-bond donors (Lipinski definition) is 1. The summed E-state index contributed by atoms with van der Waals surface area (Å²) >= 11 is 0. The van der Waals surface area contributed by atoms with Gasteiger partial charge in [-0.25, -0.2) is 9.59 Å². The van der Waals surface area contributed by atoms with Crippen molar-refractivity contribution in [2.45, 2.75) is 31.9 Å². The van der Waals surface area contributed by atoms with Crippen LogP contribution in [0.5, 0.6) is 0 Å². The number of carbonyl (C=O) groups excluding carboxylic acids is 2. The third kappa shape index (κ3) is 5.31. The lowest BCUT2D eigenvalue weighted by Gasteiger charge is -2.16. The first-order valence-corrected chi connectivity index (χ1v) is 8.06. The van der Waals surface area contributed by atoms with Crippen LogP contribution < -0.4 is 5.73 Å². The molecule has 1 aromatic rings. The summed E-state index contributed by atoms with van der Waals surface area (Å²) in [5.74, 6) is -1.08. The highest BCUT2D eigenvalue weighted by Gasteiger charge is 2.28. The molecule has 1 aromatic carbocycles. The van der Waals surface area contributed by atoms with Crippen LogP contribution in [-0.4, -0.2) is 41.9 Å². The van der Waals surface area contributed by atoms with Crippen molar-refractivity contribution in [3.8, 4) is 0 Å². The maximum Gasteiger partial charge on any atom is 0.373 e. The first-order chi connectivity index (χ1) is 11.6. The summed E-state index contributed by atoms with van der Waals surface area (Å²) < 4.78 is 12.2. The molecule has 128 valence electrons. The third-order valence-corrected chi connectivity index (χ3v) is 3.48. The van der Waals surface area contributed by atoms with Crippen LogP contribution in [0.15, 0.2) is 42.6 Å². The molecule has 0 fully saturated rings. The molecule has 1 heterocycles. The van der Waals surface area contributed by atoms with Crippen LogP contribution >= 0.6 is 0 Å². The Bertz CT molecular complexity index is 625. The Kier molecular flexibility index (Phi) is 6.69. The molecular formula is C18H23N2O4+. The Balaban J connectivity index is 2.02. The Morgan fingerprint density at radius 2 is 2.04 bits per heavy atom. The molecule has 2 rings (SSSR count). The molecule has 6 nitrogen and oxygen atoms in total. The summed E-state index contributed by atoms with van der Waals surface area (Å²) in [6, 6.07) is 8.66. The number of unbranched alkanes of at least 4 members (excludes halogenated alkanes) is 1. The molecule has 0 spiro atoms. The van der Waals surface area contributed by atoms with E-state index in [2.05, 4.69) is 0 Å². The normalized spacial score (nSPS) is 17.2. The van der Waals surface area contributed by atoms with Gasteiger partial charge in [-0.1, -0.05) is 43.7 Å². The first kappa shape index (κ1) is 17.9. The molecule has 0 radical (unpaired) electrons. The molecule has 1 aliphatic heterocycles. The fraction of sp³-hybridized carbons (Fsp3) is 0.389. The highest BCUT2D eigenvalue weighted by atomic mass is 16.6. The largest absolute Gasteiger partial charge is 0.463 e. The summed E-state index contributed by atoms with van der Waals surface area (Å²) in [5, 5.41) is 0. The van der Waals surface area contributed by atoms with E-state index in [1.165, 1.54) is 0 Å². The fourth-order valence-electron chi connectivity index (χ4n) is 2.23. The van der Waals surface area contributed by atoms with Crippen LogP contribution in [0.25, 0.3) is 0 Å². The van der Waals surface area contributed by atoms with E-state index in [1.54, 1.807) is 47.3 Å². The number of nitrogens with two attached hydrogens (primary N) is 1. The highest BCUT2D eigenvalue weighted by Crippen LogP contribution is 2.19. The zero-order valence-electron chi connectivity index (χ0n) is 13.8. The van der Waals surface area contributed by atoms with Gasteiger partial charge < -0.3 is 15.2 Å². The minimum Gasteiger partial charge on any atom is -0.463 e.